The van der Waals surface area contributed by atoms with Crippen LogP contribution in [0.2, 0.25) is 5.02 Å². The Morgan fingerprint density at radius 2 is 2.05 bits per heavy atom. The van der Waals surface area contributed by atoms with Crippen LogP contribution in [0.3, 0.4) is 0 Å². The maximum atomic E-state index is 13.7. The van der Waals surface area contributed by atoms with Crippen LogP contribution in [0.15, 0.2) is 36.4 Å². The molecule has 0 aliphatic heterocycles. The van der Waals surface area contributed by atoms with E-state index in [1.54, 1.807) is 12.1 Å². The highest BCUT2D eigenvalue weighted by atomic mass is 35.5. The standard InChI is InChI=1S/C16H16ClFN2O/c1-10-6-7-12(8-16(10)20-11(2)21)19-9-13-14(17)4-3-5-15(13)18/h3-8,19H,9H2,1-2H3,(H,20,21). The molecule has 21 heavy (non-hydrogen) atoms. The largest absolute Gasteiger partial charge is 0.381 e. The number of rotatable bonds is 4. The number of amides is 1. The number of hydrogen-bond acceptors (Lipinski definition) is 2. The Kier molecular flexibility index (Phi) is 4.81. The molecule has 0 atom stereocenters. The second-order valence-corrected chi connectivity index (χ2v) is 5.17. The summed E-state index contributed by atoms with van der Waals surface area (Å²) in [5.74, 6) is -0.475. The van der Waals surface area contributed by atoms with E-state index in [1.165, 1.54) is 13.0 Å². The van der Waals surface area contributed by atoms with Gasteiger partial charge in [0.1, 0.15) is 5.82 Å². The molecule has 1 amide bonds. The van der Waals surface area contributed by atoms with Crippen LogP contribution in [0.25, 0.3) is 0 Å². The van der Waals surface area contributed by atoms with Gasteiger partial charge in [0.25, 0.3) is 0 Å². The summed E-state index contributed by atoms with van der Waals surface area (Å²) in [7, 11) is 0. The number of hydrogen-bond donors (Lipinski definition) is 2. The summed E-state index contributed by atoms with van der Waals surface area (Å²) >= 11 is 5.98. The van der Waals surface area contributed by atoms with Crippen molar-refractivity contribution in [3.8, 4) is 0 Å². The predicted molar refractivity (Wildman–Crippen MR) is 84.2 cm³/mol. The minimum atomic E-state index is -0.343. The maximum absolute atomic E-state index is 13.7. The van der Waals surface area contributed by atoms with E-state index in [2.05, 4.69) is 10.6 Å². The van der Waals surface area contributed by atoms with Crippen molar-refractivity contribution in [3.63, 3.8) is 0 Å². The topological polar surface area (TPSA) is 41.1 Å². The zero-order chi connectivity index (χ0) is 15.4. The Bertz CT molecular complexity index is 653. The molecule has 2 aromatic carbocycles. The molecule has 0 spiro atoms. The van der Waals surface area contributed by atoms with Crippen molar-refractivity contribution in [3.05, 3.63) is 58.4 Å². The first-order chi connectivity index (χ1) is 9.97. The molecule has 0 fully saturated rings. The molecule has 0 radical (unpaired) electrons. The van der Waals surface area contributed by atoms with E-state index in [9.17, 15) is 9.18 Å². The van der Waals surface area contributed by atoms with Gasteiger partial charge >= 0.3 is 0 Å². The van der Waals surface area contributed by atoms with Crippen LogP contribution in [-0.4, -0.2) is 5.91 Å². The van der Waals surface area contributed by atoms with Gasteiger partial charge in [-0.3, -0.25) is 4.79 Å². The second-order valence-electron chi connectivity index (χ2n) is 4.76. The summed E-state index contributed by atoms with van der Waals surface area (Å²) in [6, 6.07) is 10.2. The summed E-state index contributed by atoms with van der Waals surface area (Å²) in [6.07, 6.45) is 0. The van der Waals surface area contributed by atoms with Crippen molar-refractivity contribution in [2.24, 2.45) is 0 Å². The van der Waals surface area contributed by atoms with Gasteiger partial charge in [-0.25, -0.2) is 4.39 Å². The highest BCUT2D eigenvalue weighted by molar-refractivity contribution is 6.31. The summed E-state index contributed by atoms with van der Waals surface area (Å²) in [5.41, 5.74) is 2.89. The van der Waals surface area contributed by atoms with Crippen LogP contribution >= 0.6 is 11.6 Å². The fraction of sp³-hybridized carbons (Fsp3) is 0.188. The number of halogens is 2. The van der Waals surface area contributed by atoms with Gasteiger partial charge in [-0.15, -0.1) is 0 Å². The molecular weight excluding hydrogens is 291 g/mol. The Labute approximate surface area is 128 Å². The van der Waals surface area contributed by atoms with E-state index < -0.39 is 0 Å². The minimum Gasteiger partial charge on any atom is -0.381 e. The monoisotopic (exact) mass is 306 g/mol. The molecule has 0 bridgehead atoms. The number of nitrogens with one attached hydrogen (secondary N) is 2. The SMILES string of the molecule is CC(=O)Nc1cc(NCc2c(F)cccc2Cl)ccc1C. The van der Waals surface area contributed by atoms with E-state index >= 15 is 0 Å². The average molecular weight is 307 g/mol. The smallest absolute Gasteiger partial charge is 0.221 e. The van der Waals surface area contributed by atoms with Crippen LogP contribution in [0.1, 0.15) is 18.1 Å². The van der Waals surface area contributed by atoms with Crippen molar-refractivity contribution < 1.29 is 9.18 Å². The summed E-state index contributed by atoms with van der Waals surface area (Å²) < 4.78 is 13.7. The Morgan fingerprint density at radius 3 is 2.71 bits per heavy atom. The zero-order valence-electron chi connectivity index (χ0n) is 11.8. The fourth-order valence-corrected chi connectivity index (χ4v) is 2.18. The summed E-state index contributed by atoms with van der Waals surface area (Å²) in [6.45, 7) is 3.63. The number of carbonyl (C=O) groups is 1. The van der Waals surface area contributed by atoms with E-state index in [0.717, 1.165) is 16.9 Å². The normalized spacial score (nSPS) is 10.3. The lowest BCUT2D eigenvalue weighted by Gasteiger charge is -2.12. The minimum absolute atomic E-state index is 0.132. The van der Waals surface area contributed by atoms with Gasteiger partial charge in [-0.1, -0.05) is 23.7 Å². The number of anilines is 2. The van der Waals surface area contributed by atoms with Gasteiger partial charge in [0.2, 0.25) is 5.91 Å². The van der Waals surface area contributed by atoms with Crippen molar-refractivity contribution in [1.29, 1.82) is 0 Å². The van der Waals surface area contributed by atoms with E-state index in [-0.39, 0.29) is 18.3 Å². The van der Waals surface area contributed by atoms with Crippen molar-refractivity contribution in [1.82, 2.24) is 0 Å². The molecule has 0 aliphatic carbocycles. The Morgan fingerprint density at radius 1 is 1.29 bits per heavy atom. The van der Waals surface area contributed by atoms with Gasteiger partial charge in [0.15, 0.2) is 0 Å². The number of carbonyl (C=O) groups excluding carboxylic acids is 1. The van der Waals surface area contributed by atoms with Crippen molar-refractivity contribution in [2.45, 2.75) is 20.4 Å². The van der Waals surface area contributed by atoms with Crippen LogP contribution in [0.5, 0.6) is 0 Å². The molecule has 110 valence electrons. The molecule has 0 unspecified atom stereocenters. The highest BCUT2D eigenvalue weighted by Gasteiger charge is 2.07. The molecule has 2 N–H and O–H groups in total. The van der Waals surface area contributed by atoms with Gasteiger partial charge in [-0.2, -0.15) is 0 Å². The third-order valence-electron chi connectivity index (χ3n) is 3.08. The molecule has 3 nitrogen and oxygen atoms in total. The molecule has 0 saturated heterocycles. The van der Waals surface area contributed by atoms with Crippen LogP contribution < -0.4 is 10.6 Å². The summed E-state index contributed by atoms with van der Waals surface area (Å²) in [4.78, 5) is 11.1. The zero-order valence-corrected chi connectivity index (χ0v) is 12.6. The third-order valence-corrected chi connectivity index (χ3v) is 3.43. The first-order valence-corrected chi connectivity index (χ1v) is 6.90. The molecule has 0 saturated carbocycles. The lowest BCUT2D eigenvalue weighted by molar-refractivity contribution is -0.114. The first kappa shape index (κ1) is 15.3. The van der Waals surface area contributed by atoms with Gasteiger partial charge in [0.05, 0.1) is 0 Å². The van der Waals surface area contributed by atoms with E-state index in [4.69, 9.17) is 11.6 Å². The molecule has 0 heterocycles. The molecule has 0 aromatic heterocycles. The van der Waals surface area contributed by atoms with Gasteiger partial charge < -0.3 is 10.6 Å². The Hall–Kier alpha value is -2.07. The lowest BCUT2D eigenvalue weighted by Crippen LogP contribution is -2.08. The molecular formula is C16H16ClFN2O. The van der Waals surface area contributed by atoms with E-state index in [1.807, 2.05) is 25.1 Å². The van der Waals surface area contributed by atoms with Crippen molar-refractivity contribution >= 4 is 28.9 Å². The summed E-state index contributed by atoms with van der Waals surface area (Å²) in [5, 5.41) is 6.25. The quantitative estimate of drug-likeness (QED) is 0.881. The molecule has 0 aliphatic rings. The van der Waals surface area contributed by atoms with Crippen LogP contribution in [0.4, 0.5) is 15.8 Å². The van der Waals surface area contributed by atoms with Crippen molar-refractivity contribution in [2.75, 3.05) is 10.6 Å². The van der Waals surface area contributed by atoms with Gasteiger partial charge in [-0.05, 0) is 36.8 Å². The highest BCUT2D eigenvalue weighted by Crippen LogP contribution is 2.23. The van der Waals surface area contributed by atoms with Crippen LogP contribution in [-0.2, 0) is 11.3 Å². The third kappa shape index (κ3) is 3.95. The molecule has 2 rings (SSSR count). The first-order valence-electron chi connectivity index (χ1n) is 6.52. The maximum Gasteiger partial charge on any atom is 0.221 e. The van der Waals surface area contributed by atoms with Crippen LogP contribution in [0, 0.1) is 12.7 Å². The average Bonchev–Trinajstić information content (AvgIpc) is 2.41. The molecule has 5 heteroatoms. The second kappa shape index (κ2) is 6.59. The number of benzene rings is 2. The Balaban J connectivity index is 2.15. The fourth-order valence-electron chi connectivity index (χ4n) is 1.95. The number of aryl methyl sites for hydroxylation is 1. The van der Waals surface area contributed by atoms with E-state index in [0.29, 0.717) is 10.6 Å². The lowest BCUT2D eigenvalue weighted by atomic mass is 10.1. The molecule has 2 aromatic rings. The van der Waals surface area contributed by atoms with Gasteiger partial charge in [0, 0.05) is 35.4 Å². The predicted octanol–water partition coefficient (Wildman–Crippen LogP) is 4.36.